The van der Waals surface area contributed by atoms with Gasteiger partial charge in [0.05, 0.1) is 18.8 Å². The lowest BCUT2D eigenvalue weighted by Gasteiger charge is -2.25. The van der Waals surface area contributed by atoms with E-state index in [0.717, 1.165) is 42.8 Å². The van der Waals surface area contributed by atoms with E-state index in [1.165, 1.54) is 19.3 Å². The zero-order valence-corrected chi connectivity index (χ0v) is 17.1. The number of nitrogens with one attached hydrogen (secondary N) is 1. The van der Waals surface area contributed by atoms with E-state index in [9.17, 15) is 9.59 Å². The Labute approximate surface area is 171 Å². The largest absolute Gasteiger partial charge is 0.353 e. The van der Waals surface area contributed by atoms with Gasteiger partial charge in [0.2, 0.25) is 11.8 Å². The lowest BCUT2D eigenvalue weighted by molar-refractivity contribution is -0.127. The minimum absolute atomic E-state index is 0.0736. The predicted octanol–water partition coefficient (Wildman–Crippen LogP) is 1.37. The van der Waals surface area contributed by atoms with Crippen LogP contribution < -0.4 is 5.32 Å². The van der Waals surface area contributed by atoms with Gasteiger partial charge in [0, 0.05) is 44.1 Å². The monoisotopic (exact) mass is 398 g/mol. The van der Waals surface area contributed by atoms with E-state index in [1.807, 2.05) is 21.7 Å². The highest BCUT2D eigenvalue weighted by atomic mass is 16.2. The van der Waals surface area contributed by atoms with Crippen LogP contribution in [0.15, 0.2) is 18.3 Å². The van der Waals surface area contributed by atoms with Crippen molar-refractivity contribution in [2.24, 2.45) is 0 Å². The number of fused-ring (bicyclic) bond motifs is 1. The Morgan fingerprint density at radius 3 is 2.79 bits per heavy atom. The van der Waals surface area contributed by atoms with Crippen LogP contribution in [0.25, 0.3) is 11.0 Å². The summed E-state index contributed by atoms with van der Waals surface area (Å²) in [7, 11) is 0. The van der Waals surface area contributed by atoms with Crippen LogP contribution in [-0.4, -0.2) is 75.6 Å². The van der Waals surface area contributed by atoms with Crippen molar-refractivity contribution < 1.29 is 9.59 Å². The van der Waals surface area contributed by atoms with Gasteiger partial charge in [-0.15, -0.1) is 0 Å². The minimum atomic E-state index is 0.0736. The summed E-state index contributed by atoms with van der Waals surface area (Å²) in [5.41, 5.74) is 1.85. The molecule has 2 fully saturated rings. The zero-order valence-electron chi connectivity index (χ0n) is 17.1. The van der Waals surface area contributed by atoms with Gasteiger partial charge in [-0.3, -0.25) is 14.5 Å². The third-order valence-corrected chi connectivity index (χ3v) is 6.02. The van der Waals surface area contributed by atoms with Crippen molar-refractivity contribution in [2.45, 2.75) is 45.1 Å². The van der Waals surface area contributed by atoms with E-state index in [1.54, 1.807) is 13.1 Å². The molecule has 29 heavy (non-hydrogen) atoms. The summed E-state index contributed by atoms with van der Waals surface area (Å²) >= 11 is 0. The maximum atomic E-state index is 12.2. The summed E-state index contributed by atoms with van der Waals surface area (Å²) in [4.78, 5) is 32.6. The summed E-state index contributed by atoms with van der Waals surface area (Å²) in [6.45, 7) is 6.74. The van der Waals surface area contributed by atoms with Crippen LogP contribution in [0.3, 0.4) is 0 Å². The maximum absolute atomic E-state index is 12.2. The van der Waals surface area contributed by atoms with Crippen LogP contribution in [-0.2, 0) is 16.1 Å². The molecule has 4 rings (SSSR count). The summed E-state index contributed by atoms with van der Waals surface area (Å²) < 4.78 is 1.89. The molecule has 8 heteroatoms. The Hall–Kier alpha value is -2.48. The number of likely N-dealkylation sites (tertiary alicyclic amines) is 2. The van der Waals surface area contributed by atoms with Crippen molar-refractivity contribution in [3.05, 3.63) is 24.0 Å². The average molecular weight is 399 g/mol. The smallest absolute Gasteiger partial charge is 0.234 e. The minimum Gasteiger partial charge on any atom is -0.353 e. The van der Waals surface area contributed by atoms with Crippen molar-refractivity contribution >= 4 is 22.8 Å². The van der Waals surface area contributed by atoms with Gasteiger partial charge in [-0.1, -0.05) is 6.42 Å². The summed E-state index contributed by atoms with van der Waals surface area (Å²) in [5.74, 6) is 0.427. The number of pyridine rings is 1. The van der Waals surface area contributed by atoms with Crippen LogP contribution >= 0.6 is 0 Å². The number of piperidine rings is 1. The fourth-order valence-corrected chi connectivity index (χ4v) is 4.44. The number of hydrogen-bond acceptors (Lipinski definition) is 5. The topological polar surface area (TPSA) is 83.4 Å². The molecule has 2 aliphatic rings. The van der Waals surface area contributed by atoms with Gasteiger partial charge in [-0.2, -0.15) is 5.10 Å². The van der Waals surface area contributed by atoms with Gasteiger partial charge in [0.15, 0.2) is 5.65 Å². The van der Waals surface area contributed by atoms with E-state index < -0.39 is 0 Å². The average Bonchev–Trinajstić information content (AvgIpc) is 3.34. The molecule has 0 radical (unpaired) electrons. The molecule has 2 saturated heterocycles. The molecule has 1 atom stereocenters. The number of rotatable bonds is 6. The lowest BCUT2D eigenvalue weighted by Crippen LogP contribution is -2.40. The number of hydrogen-bond donors (Lipinski definition) is 1. The van der Waals surface area contributed by atoms with E-state index in [0.29, 0.717) is 26.2 Å². The van der Waals surface area contributed by atoms with E-state index in [4.69, 9.17) is 5.10 Å². The first kappa shape index (κ1) is 19.8. The fourth-order valence-electron chi connectivity index (χ4n) is 4.44. The molecule has 0 aromatic carbocycles. The number of carbonyl (C=O) groups excluding carboxylic acids is 2. The molecule has 2 aromatic rings. The van der Waals surface area contributed by atoms with Gasteiger partial charge in [0.25, 0.3) is 0 Å². The first-order valence-electron chi connectivity index (χ1n) is 10.7. The number of carbonyl (C=O) groups is 2. The maximum Gasteiger partial charge on any atom is 0.234 e. The second kappa shape index (κ2) is 8.90. The first-order chi connectivity index (χ1) is 14.1. The standard InChI is InChI=1S/C21H30N6O2/c1-16(28)26-12-7-17(14-26)20-18-6-5-8-23-21(18)27(24-20)13-9-22-19(29)15-25-10-3-2-4-11-25/h5-6,8,17H,2-4,7,9-15H2,1H3,(H,22,29)/t17-/m0/s1. The molecule has 2 aromatic heterocycles. The van der Waals surface area contributed by atoms with Crippen LogP contribution in [0, 0.1) is 0 Å². The van der Waals surface area contributed by atoms with Crippen molar-refractivity contribution in [3.63, 3.8) is 0 Å². The Balaban J connectivity index is 1.39. The predicted molar refractivity (Wildman–Crippen MR) is 110 cm³/mol. The molecule has 0 saturated carbocycles. The molecule has 0 spiro atoms. The summed E-state index contributed by atoms with van der Waals surface area (Å²) in [5, 5.41) is 8.90. The fraction of sp³-hybridized carbons (Fsp3) is 0.619. The molecule has 2 amide bonds. The number of amides is 2. The van der Waals surface area contributed by atoms with Crippen LogP contribution in [0.4, 0.5) is 0 Å². The molecule has 0 bridgehead atoms. The Morgan fingerprint density at radius 1 is 1.21 bits per heavy atom. The molecule has 8 nitrogen and oxygen atoms in total. The van der Waals surface area contributed by atoms with Gasteiger partial charge < -0.3 is 10.2 Å². The molecular weight excluding hydrogens is 368 g/mol. The molecule has 0 aliphatic carbocycles. The third kappa shape index (κ3) is 4.58. The second-order valence-electron chi connectivity index (χ2n) is 8.12. The number of aromatic nitrogens is 3. The quantitative estimate of drug-likeness (QED) is 0.795. The third-order valence-electron chi connectivity index (χ3n) is 6.02. The number of nitrogens with zero attached hydrogens (tertiary/aromatic N) is 5. The van der Waals surface area contributed by atoms with Gasteiger partial charge in [-0.25, -0.2) is 9.67 Å². The molecular formula is C21H30N6O2. The van der Waals surface area contributed by atoms with Crippen LogP contribution in [0.1, 0.15) is 44.2 Å². The normalized spacial score (nSPS) is 20.3. The van der Waals surface area contributed by atoms with Crippen molar-refractivity contribution in [3.8, 4) is 0 Å². The Kier molecular flexibility index (Phi) is 6.08. The molecule has 156 valence electrons. The second-order valence-corrected chi connectivity index (χ2v) is 8.12. The van der Waals surface area contributed by atoms with Gasteiger partial charge >= 0.3 is 0 Å². The molecule has 4 heterocycles. The van der Waals surface area contributed by atoms with Gasteiger partial charge in [0.1, 0.15) is 0 Å². The first-order valence-corrected chi connectivity index (χ1v) is 10.7. The van der Waals surface area contributed by atoms with Crippen molar-refractivity contribution in [2.75, 3.05) is 39.3 Å². The Morgan fingerprint density at radius 2 is 2.03 bits per heavy atom. The highest BCUT2D eigenvalue weighted by Crippen LogP contribution is 2.31. The highest BCUT2D eigenvalue weighted by Gasteiger charge is 2.29. The van der Waals surface area contributed by atoms with Crippen molar-refractivity contribution in [1.29, 1.82) is 0 Å². The SMILES string of the molecule is CC(=O)N1CC[C@H](c2nn(CCNC(=O)CN3CCCCC3)c3ncccc23)C1. The lowest BCUT2D eigenvalue weighted by atomic mass is 10.0. The van der Waals surface area contributed by atoms with Crippen LogP contribution in [0.2, 0.25) is 0 Å². The summed E-state index contributed by atoms with van der Waals surface area (Å²) in [6.07, 6.45) is 6.33. The molecule has 2 aliphatic heterocycles. The van der Waals surface area contributed by atoms with Crippen LogP contribution in [0.5, 0.6) is 0 Å². The zero-order chi connectivity index (χ0) is 20.2. The molecule has 1 N–H and O–H groups in total. The highest BCUT2D eigenvalue weighted by molar-refractivity contribution is 5.80. The van der Waals surface area contributed by atoms with Crippen molar-refractivity contribution in [1.82, 2.24) is 29.9 Å². The summed E-state index contributed by atoms with van der Waals surface area (Å²) in [6, 6.07) is 3.97. The van der Waals surface area contributed by atoms with E-state index >= 15 is 0 Å². The Bertz CT molecular complexity index is 873. The van der Waals surface area contributed by atoms with E-state index in [2.05, 4.69) is 15.2 Å². The molecule has 0 unspecified atom stereocenters. The van der Waals surface area contributed by atoms with Gasteiger partial charge in [-0.05, 0) is 44.5 Å². The van der Waals surface area contributed by atoms with E-state index in [-0.39, 0.29) is 17.7 Å².